The number of pyridine rings is 1. The van der Waals surface area contributed by atoms with Crippen LogP contribution in [0.15, 0.2) is 30.6 Å². The SMILES string of the molecule is CC1(Nc2ncc3c(N)ncc(-c4ccc(F)c(O)c4)c3n2)CCOCC1. The third-order valence-corrected chi connectivity index (χ3v) is 4.92. The molecule has 0 radical (unpaired) electrons. The molecule has 0 saturated carbocycles. The van der Waals surface area contributed by atoms with Crippen molar-refractivity contribution in [3.63, 3.8) is 0 Å². The molecule has 3 heterocycles. The number of nitrogens with one attached hydrogen (secondary N) is 1. The third kappa shape index (κ3) is 3.35. The van der Waals surface area contributed by atoms with E-state index >= 15 is 0 Å². The minimum atomic E-state index is -0.684. The van der Waals surface area contributed by atoms with Gasteiger partial charge in [-0.15, -0.1) is 0 Å². The molecule has 8 heteroatoms. The monoisotopic (exact) mass is 369 g/mol. The van der Waals surface area contributed by atoms with Crippen molar-refractivity contribution in [3.8, 4) is 16.9 Å². The maximum atomic E-state index is 13.4. The van der Waals surface area contributed by atoms with E-state index in [0.29, 0.717) is 47.0 Å². The molecule has 1 saturated heterocycles. The van der Waals surface area contributed by atoms with Crippen molar-refractivity contribution in [1.82, 2.24) is 15.0 Å². The quantitative estimate of drug-likeness (QED) is 0.651. The molecular formula is C19H20FN5O2. The molecule has 1 aromatic carbocycles. The molecule has 2 aromatic heterocycles. The minimum Gasteiger partial charge on any atom is -0.505 e. The molecule has 4 rings (SSSR count). The summed E-state index contributed by atoms with van der Waals surface area (Å²) in [5, 5.41) is 13.7. The van der Waals surface area contributed by atoms with Gasteiger partial charge in [-0.3, -0.25) is 0 Å². The number of phenols is 1. The maximum absolute atomic E-state index is 13.4. The number of fused-ring (bicyclic) bond motifs is 1. The Bertz CT molecular complexity index is 1000. The fraction of sp³-hybridized carbons (Fsp3) is 0.316. The molecule has 0 bridgehead atoms. The lowest BCUT2D eigenvalue weighted by atomic mass is 9.93. The van der Waals surface area contributed by atoms with Crippen molar-refractivity contribution in [2.75, 3.05) is 24.3 Å². The van der Waals surface area contributed by atoms with E-state index in [0.717, 1.165) is 12.8 Å². The molecule has 1 fully saturated rings. The van der Waals surface area contributed by atoms with Crippen LogP contribution in [-0.4, -0.2) is 38.8 Å². The average molecular weight is 369 g/mol. The van der Waals surface area contributed by atoms with E-state index in [9.17, 15) is 9.50 Å². The fourth-order valence-electron chi connectivity index (χ4n) is 3.21. The van der Waals surface area contributed by atoms with Crippen molar-refractivity contribution >= 4 is 22.7 Å². The van der Waals surface area contributed by atoms with E-state index in [1.807, 2.05) is 0 Å². The van der Waals surface area contributed by atoms with Gasteiger partial charge in [0, 0.05) is 36.7 Å². The van der Waals surface area contributed by atoms with Gasteiger partial charge in [0.25, 0.3) is 0 Å². The van der Waals surface area contributed by atoms with Crippen LogP contribution in [0.4, 0.5) is 16.2 Å². The van der Waals surface area contributed by atoms with Crippen LogP contribution >= 0.6 is 0 Å². The van der Waals surface area contributed by atoms with Crippen LogP contribution in [0.25, 0.3) is 22.0 Å². The first-order valence-electron chi connectivity index (χ1n) is 8.71. The zero-order valence-electron chi connectivity index (χ0n) is 14.9. The normalized spacial score (nSPS) is 16.4. The van der Waals surface area contributed by atoms with E-state index in [1.54, 1.807) is 18.5 Å². The van der Waals surface area contributed by atoms with Gasteiger partial charge in [-0.1, -0.05) is 6.07 Å². The summed E-state index contributed by atoms with van der Waals surface area (Å²) >= 11 is 0. The number of aromatic hydroxyl groups is 1. The highest BCUT2D eigenvalue weighted by atomic mass is 19.1. The van der Waals surface area contributed by atoms with Crippen molar-refractivity contribution < 1.29 is 14.2 Å². The smallest absolute Gasteiger partial charge is 0.223 e. The molecule has 27 heavy (non-hydrogen) atoms. The van der Waals surface area contributed by atoms with Gasteiger partial charge in [0.2, 0.25) is 5.95 Å². The Balaban J connectivity index is 1.80. The Kier molecular flexibility index (Phi) is 4.27. The van der Waals surface area contributed by atoms with Crippen molar-refractivity contribution in [2.45, 2.75) is 25.3 Å². The van der Waals surface area contributed by atoms with Gasteiger partial charge in [-0.05, 0) is 37.5 Å². The van der Waals surface area contributed by atoms with Crippen LogP contribution in [0.1, 0.15) is 19.8 Å². The summed E-state index contributed by atoms with van der Waals surface area (Å²) in [5.74, 6) is -0.329. The van der Waals surface area contributed by atoms with Gasteiger partial charge in [-0.2, -0.15) is 0 Å². The van der Waals surface area contributed by atoms with Gasteiger partial charge < -0.3 is 20.9 Å². The molecule has 0 unspecified atom stereocenters. The number of benzene rings is 1. The van der Waals surface area contributed by atoms with Gasteiger partial charge in [0.05, 0.1) is 10.9 Å². The number of hydrogen-bond donors (Lipinski definition) is 3. The molecule has 140 valence electrons. The topological polar surface area (TPSA) is 106 Å². The molecule has 0 aliphatic carbocycles. The van der Waals surface area contributed by atoms with Gasteiger partial charge >= 0.3 is 0 Å². The molecule has 0 amide bonds. The summed E-state index contributed by atoms with van der Waals surface area (Å²) in [5.41, 5.74) is 7.64. The van der Waals surface area contributed by atoms with Crippen LogP contribution in [0, 0.1) is 5.82 Å². The Labute approximate surface area is 155 Å². The number of halogens is 1. The van der Waals surface area contributed by atoms with Crippen LogP contribution in [0.3, 0.4) is 0 Å². The highest BCUT2D eigenvalue weighted by molar-refractivity contribution is 5.98. The lowest BCUT2D eigenvalue weighted by molar-refractivity contribution is 0.0656. The van der Waals surface area contributed by atoms with Crippen molar-refractivity contribution in [3.05, 3.63) is 36.4 Å². The Morgan fingerprint density at radius 1 is 1.22 bits per heavy atom. The number of nitrogen functional groups attached to an aromatic ring is 1. The van der Waals surface area contributed by atoms with Gasteiger partial charge in [0.1, 0.15) is 5.82 Å². The average Bonchev–Trinajstić information content (AvgIpc) is 2.65. The zero-order valence-corrected chi connectivity index (χ0v) is 14.9. The van der Waals surface area contributed by atoms with E-state index < -0.39 is 11.6 Å². The summed E-state index contributed by atoms with van der Waals surface area (Å²) in [6.07, 6.45) is 4.90. The van der Waals surface area contributed by atoms with Crippen molar-refractivity contribution in [1.29, 1.82) is 0 Å². The number of nitrogens with zero attached hydrogens (tertiary/aromatic N) is 3. The minimum absolute atomic E-state index is 0.154. The lowest BCUT2D eigenvalue weighted by Crippen LogP contribution is -2.41. The van der Waals surface area contributed by atoms with Gasteiger partial charge in [-0.25, -0.2) is 19.3 Å². The number of aromatic nitrogens is 3. The second-order valence-electron chi connectivity index (χ2n) is 6.98. The first-order valence-corrected chi connectivity index (χ1v) is 8.71. The highest BCUT2D eigenvalue weighted by Gasteiger charge is 2.28. The molecule has 1 aliphatic heterocycles. The summed E-state index contributed by atoms with van der Waals surface area (Å²) in [6, 6.07) is 4.12. The summed E-state index contributed by atoms with van der Waals surface area (Å²) in [7, 11) is 0. The number of anilines is 2. The first kappa shape index (κ1) is 17.4. The summed E-state index contributed by atoms with van der Waals surface area (Å²) < 4.78 is 18.9. The molecule has 0 spiro atoms. The maximum Gasteiger partial charge on any atom is 0.223 e. The predicted molar refractivity (Wildman–Crippen MR) is 101 cm³/mol. The Morgan fingerprint density at radius 3 is 2.74 bits per heavy atom. The molecule has 4 N–H and O–H groups in total. The van der Waals surface area contributed by atoms with Crippen LogP contribution in [0.5, 0.6) is 5.75 Å². The number of nitrogens with two attached hydrogens (primary N) is 1. The van der Waals surface area contributed by atoms with Crippen molar-refractivity contribution in [2.24, 2.45) is 0 Å². The van der Waals surface area contributed by atoms with E-state index in [1.165, 1.54) is 12.1 Å². The second-order valence-corrected chi connectivity index (χ2v) is 6.98. The predicted octanol–water partition coefficient (Wildman–Crippen LogP) is 3.10. The number of phenolic OH excluding ortho intramolecular Hbond substituents is 1. The molecule has 7 nitrogen and oxygen atoms in total. The highest BCUT2D eigenvalue weighted by Crippen LogP contribution is 2.33. The fourth-order valence-corrected chi connectivity index (χ4v) is 3.21. The number of hydrogen-bond acceptors (Lipinski definition) is 7. The second kappa shape index (κ2) is 6.62. The van der Waals surface area contributed by atoms with Crippen LogP contribution < -0.4 is 11.1 Å². The molecule has 3 aromatic rings. The van der Waals surface area contributed by atoms with Crippen LogP contribution in [0.2, 0.25) is 0 Å². The van der Waals surface area contributed by atoms with E-state index in [2.05, 4.69) is 27.2 Å². The Morgan fingerprint density at radius 2 is 2.00 bits per heavy atom. The van der Waals surface area contributed by atoms with E-state index in [4.69, 9.17) is 10.5 Å². The number of rotatable bonds is 3. The van der Waals surface area contributed by atoms with Gasteiger partial charge in [0.15, 0.2) is 11.6 Å². The summed E-state index contributed by atoms with van der Waals surface area (Å²) in [6.45, 7) is 3.49. The largest absolute Gasteiger partial charge is 0.505 e. The molecular weight excluding hydrogens is 349 g/mol. The Hall–Kier alpha value is -3.00. The van der Waals surface area contributed by atoms with E-state index in [-0.39, 0.29) is 5.54 Å². The zero-order chi connectivity index (χ0) is 19.0. The summed E-state index contributed by atoms with van der Waals surface area (Å²) in [4.78, 5) is 13.2. The third-order valence-electron chi connectivity index (χ3n) is 4.92. The van der Waals surface area contributed by atoms with Crippen LogP contribution in [-0.2, 0) is 4.74 Å². The first-order chi connectivity index (χ1) is 13.0. The lowest BCUT2D eigenvalue weighted by Gasteiger charge is -2.34. The standard InChI is InChI=1S/C19H20FN5O2/c1-19(4-6-27-7-5-19)25-18-23-10-13-16(24-18)12(9-22-17(13)21)11-2-3-14(20)15(26)8-11/h2-3,8-10,26H,4-7H2,1H3,(H2,21,22)(H,23,24,25). The number of ether oxygens (including phenoxy) is 1. The molecule has 1 aliphatic rings. The molecule has 0 atom stereocenters.